The Kier molecular flexibility index (Phi) is 7.05. The van der Waals surface area contributed by atoms with Crippen LogP contribution in [-0.4, -0.2) is 13.1 Å². The van der Waals surface area contributed by atoms with Crippen LogP contribution < -0.4 is 5.32 Å². The van der Waals surface area contributed by atoms with Gasteiger partial charge in [0.2, 0.25) is 0 Å². The molecule has 3 heteroatoms. The number of rotatable bonds is 4. The summed E-state index contributed by atoms with van der Waals surface area (Å²) in [5.74, 6) is 0. The maximum absolute atomic E-state index is 6.07. The van der Waals surface area contributed by atoms with Crippen molar-refractivity contribution in [1.29, 1.82) is 0 Å². The monoisotopic (exact) mass is 261 g/mol. The molecule has 0 saturated heterocycles. The molecule has 0 fully saturated rings. The van der Waals surface area contributed by atoms with E-state index >= 15 is 0 Å². The van der Waals surface area contributed by atoms with Gasteiger partial charge >= 0.3 is 0 Å². The number of halogens is 2. The summed E-state index contributed by atoms with van der Waals surface area (Å²) in [6.07, 6.45) is 0.996. The predicted molar refractivity (Wildman–Crippen MR) is 74.7 cm³/mol. The molecule has 0 amide bonds. The molecule has 1 nitrogen and oxygen atoms in total. The second-order valence-corrected chi connectivity index (χ2v) is 5.49. The quantitative estimate of drug-likeness (QED) is 0.810. The highest BCUT2D eigenvalue weighted by molar-refractivity contribution is 6.31. The summed E-state index contributed by atoms with van der Waals surface area (Å²) in [7, 11) is 0. The first-order chi connectivity index (χ1) is 6.99. The van der Waals surface area contributed by atoms with Crippen molar-refractivity contribution in [3.8, 4) is 0 Å². The zero-order valence-electron chi connectivity index (χ0n) is 10.2. The maximum atomic E-state index is 6.07. The first-order valence-electron chi connectivity index (χ1n) is 5.43. The lowest BCUT2D eigenvalue weighted by molar-refractivity contribution is 0.381. The van der Waals surface area contributed by atoms with Crippen LogP contribution in [0.1, 0.15) is 26.3 Å². The molecule has 0 spiro atoms. The van der Waals surface area contributed by atoms with Gasteiger partial charge in [0.1, 0.15) is 0 Å². The molecule has 0 unspecified atom stereocenters. The van der Waals surface area contributed by atoms with Crippen LogP contribution in [0.15, 0.2) is 24.3 Å². The van der Waals surface area contributed by atoms with E-state index in [4.69, 9.17) is 11.6 Å². The van der Waals surface area contributed by atoms with E-state index in [2.05, 4.69) is 32.2 Å². The van der Waals surface area contributed by atoms with Crippen molar-refractivity contribution >= 4 is 24.0 Å². The molecule has 0 aromatic heterocycles. The van der Waals surface area contributed by atoms with E-state index in [1.54, 1.807) is 0 Å². The Morgan fingerprint density at radius 3 is 2.38 bits per heavy atom. The Balaban J connectivity index is 0.00000225. The predicted octanol–water partition coefficient (Wildman–Crippen LogP) is 3.94. The van der Waals surface area contributed by atoms with Crippen LogP contribution in [0.25, 0.3) is 0 Å². The minimum Gasteiger partial charge on any atom is -0.316 e. The van der Waals surface area contributed by atoms with Crippen molar-refractivity contribution in [3.05, 3.63) is 34.9 Å². The third-order valence-corrected chi connectivity index (χ3v) is 2.55. The molecule has 0 aliphatic heterocycles. The lowest BCUT2D eigenvalue weighted by atomic mass is 9.97. The lowest BCUT2D eigenvalue weighted by Crippen LogP contribution is -2.28. The van der Waals surface area contributed by atoms with Crippen LogP contribution in [0.4, 0.5) is 0 Å². The topological polar surface area (TPSA) is 12.0 Å². The smallest absolute Gasteiger partial charge is 0.0438 e. The minimum atomic E-state index is 0. The van der Waals surface area contributed by atoms with Gasteiger partial charge in [-0.2, -0.15) is 0 Å². The first-order valence-corrected chi connectivity index (χ1v) is 5.81. The zero-order chi connectivity index (χ0) is 11.3. The summed E-state index contributed by atoms with van der Waals surface area (Å²) in [5, 5.41) is 4.31. The van der Waals surface area contributed by atoms with E-state index in [0.717, 1.165) is 24.5 Å². The second-order valence-electron chi connectivity index (χ2n) is 5.08. The third kappa shape index (κ3) is 6.37. The zero-order valence-corrected chi connectivity index (χ0v) is 11.8. The van der Waals surface area contributed by atoms with Crippen LogP contribution >= 0.6 is 24.0 Å². The number of benzene rings is 1. The Morgan fingerprint density at radius 1 is 1.19 bits per heavy atom. The van der Waals surface area contributed by atoms with E-state index in [1.165, 1.54) is 5.56 Å². The van der Waals surface area contributed by atoms with E-state index < -0.39 is 0 Å². The van der Waals surface area contributed by atoms with Gasteiger partial charge in [-0.1, -0.05) is 50.6 Å². The van der Waals surface area contributed by atoms with Crippen LogP contribution in [0.3, 0.4) is 0 Å². The molecule has 0 bridgehead atoms. The summed E-state index contributed by atoms with van der Waals surface area (Å²) in [6.45, 7) is 8.72. The molecular formula is C13H21Cl2N. The minimum absolute atomic E-state index is 0. The van der Waals surface area contributed by atoms with E-state index in [0.29, 0.717) is 5.41 Å². The van der Waals surface area contributed by atoms with E-state index in [9.17, 15) is 0 Å². The summed E-state index contributed by atoms with van der Waals surface area (Å²) in [4.78, 5) is 0. The van der Waals surface area contributed by atoms with Crippen molar-refractivity contribution in [2.75, 3.05) is 13.1 Å². The van der Waals surface area contributed by atoms with Gasteiger partial charge < -0.3 is 5.32 Å². The largest absolute Gasteiger partial charge is 0.316 e. The summed E-state index contributed by atoms with van der Waals surface area (Å²) in [5.41, 5.74) is 1.57. The number of hydrogen-bond donors (Lipinski definition) is 1. The van der Waals surface area contributed by atoms with Gasteiger partial charge in [-0.05, 0) is 30.0 Å². The standard InChI is InChI=1S/C13H20ClN.ClH/c1-13(2,3)10-15-9-8-11-6-4-5-7-12(11)14;/h4-7,15H,8-10H2,1-3H3;1H. The molecule has 0 atom stereocenters. The molecule has 92 valence electrons. The van der Waals surface area contributed by atoms with Gasteiger partial charge in [0, 0.05) is 11.6 Å². The Bertz CT molecular complexity index is 305. The molecule has 1 aromatic carbocycles. The molecule has 0 radical (unpaired) electrons. The summed E-state index contributed by atoms with van der Waals surface area (Å²) < 4.78 is 0. The average Bonchev–Trinajstić information content (AvgIpc) is 2.13. The highest BCUT2D eigenvalue weighted by atomic mass is 35.5. The molecular weight excluding hydrogens is 241 g/mol. The Morgan fingerprint density at radius 2 is 1.81 bits per heavy atom. The Labute approximate surface area is 110 Å². The van der Waals surface area contributed by atoms with Crippen LogP contribution in [0.2, 0.25) is 5.02 Å². The number of hydrogen-bond acceptors (Lipinski definition) is 1. The van der Waals surface area contributed by atoms with Crippen molar-refractivity contribution in [3.63, 3.8) is 0 Å². The maximum Gasteiger partial charge on any atom is 0.0438 e. The lowest BCUT2D eigenvalue weighted by Gasteiger charge is -2.18. The van der Waals surface area contributed by atoms with Crippen molar-refractivity contribution < 1.29 is 0 Å². The molecule has 0 saturated carbocycles. The number of nitrogens with one attached hydrogen (secondary N) is 1. The molecule has 16 heavy (non-hydrogen) atoms. The molecule has 0 aliphatic rings. The highest BCUT2D eigenvalue weighted by Crippen LogP contribution is 2.15. The molecule has 0 aliphatic carbocycles. The van der Waals surface area contributed by atoms with Gasteiger partial charge in [0.05, 0.1) is 0 Å². The molecule has 1 N–H and O–H groups in total. The first kappa shape index (κ1) is 15.8. The fourth-order valence-corrected chi connectivity index (χ4v) is 1.62. The third-order valence-electron chi connectivity index (χ3n) is 2.18. The Hall–Kier alpha value is -0.240. The van der Waals surface area contributed by atoms with Crippen molar-refractivity contribution in [2.24, 2.45) is 5.41 Å². The second kappa shape index (κ2) is 7.16. The van der Waals surface area contributed by atoms with Gasteiger partial charge in [-0.3, -0.25) is 0 Å². The van der Waals surface area contributed by atoms with Crippen LogP contribution in [0.5, 0.6) is 0 Å². The van der Waals surface area contributed by atoms with Crippen molar-refractivity contribution in [1.82, 2.24) is 5.32 Å². The molecule has 1 rings (SSSR count). The average molecular weight is 262 g/mol. The van der Waals surface area contributed by atoms with Crippen LogP contribution in [-0.2, 0) is 6.42 Å². The highest BCUT2D eigenvalue weighted by Gasteiger charge is 2.08. The molecule has 1 aromatic rings. The summed E-state index contributed by atoms with van der Waals surface area (Å²) >= 11 is 6.07. The normalized spacial score (nSPS) is 11.0. The van der Waals surface area contributed by atoms with E-state index in [1.807, 2.05) is 18.2 Å². The molecule has 0 heterocycles. The fraction of sp³-hybridized carbons (Fsp3) is 0.538. The van der Waals surface area contributed by atoms with Gasteiger partial charge in [0.25, 0.3) is 0 Å². The fourth-order valence-electron chi connectivity index (χ4n) is 1.39. The van der Waals surface area contributed by atoms with Gasteiger partial charge in [-0.15, -0.1) is 12.4 Å². The van der Waals surface area contributed by atoms with Gasteiger partial charge in [0.15, 0.2) is 0 Å². The SMILES string of the molecule is CC(C)(C)CNCCc1ccccc1Cl.Cl. The van der Waals surface area contributed by atoms with Crippen LogP contribution in [0, 0.1) is 5.41 Å². The van der Waals surface area contributed by atoms with Crippen molar-refractivity contribution in [2.45, 2.75) is 27.2 Å². The van der Waals surface area contributed by atoms with Gasteiger partial charge in [-0.25, -0.2) is 0 Å². The summed E-state index contributed by atoms with van der Waals surface area (Å²) in [6, 6.07) is 8.03. The van der Waals surface area contributed by atoms with E-state index in [-0.39, 0.29) is 12.4 Å².